The Hall–Kier alpha value is -2.61. The average molecular weight is 441 g/mol. The zero-order chi connectivity index (χ0) is 19.8. The highest BCUT2D eigenvalue weighted by atomic mass is 79.9. The molecule has 1 heterocycles. The molecule has 6 nitrogen and oxygen atoms in total. The maximum Gasteiger partial charge on any atom is 0.111 e. The molecule has 0 radical (unpaired) electrons. The molecule has 0 atom stereocenters. The van der Waals surface area contributed by atoms with E-state index in [9.17, 15) is 0 Å². The lowest BCUT2D eigenvalue weighted by Crippen LogP contribution is -2.29. The van der Waals surface area contributed by atoms with Crippen LogP contribution in [0, 0.1) is 0 Å². The maximum atomic E-state index is 9.17. The van der Waals surface area contributed by atoms with Crippen molar-refractivity contribution >= 4 is 33.0 Å². The molecule has 28 heavy (non-hydrogen) atoms. The molecule has 0 saturated heterocycles. The predicted molar refractivity (Wildman–Crippen MR) is 114 cm³/mol. The summed E-state index contributed by atoms with van der Waals surface area (Å²) in [4.78, 5) is 6.16. The van der Waals surface area contributed by atoms with Gasteiger partial charge < -0.3 is 15.1 Å². The average Bonchev–Trinajstić information content (AvgIpc) is 2.74. The fourth-order valence-electron chi connectivity index (χ4n) is 2.81. The van der Waals surface area contributed by atoms with E-state index in [0.29, 0.717) is 24.5 Å². The van der Waals surface area contributed by atoms with Crippen molar-refractivity contribution in [3.8, 4) is 11.1 Å². The molecule has 0 aliphatic rings. The lowest BCUT2D eigenvalue weighted by atomic mass is 10.1. The van der Waals surface area contributed by atoms with Gasteiger partial charge in [0.25, 0.3) is 0 Å². The van der Waals surface area contributed by atoms with Crippen LogP contribution in [0.15, 0.2) is 81.7 Å². The van der Waals surface area contributed by atoms with E-state index >= 15 is 0 Å². The standard InChI is InChI=1S/C21H21BrN4O2/c22-20-15-23-14-19(16-4-2-1-3-5-16)21(20)25-24-17-6-8-18(9-7-17)26(10-12-27)11-13-28/h1-9,14-15,27-28H,10-13H2. The highest BCUT2D eigenvalue weighted by molar-refractivity contribution is 9.10. The Kier molecular flexibility index (Phi) is 7.25. The largest absolute Gasteiger partial charge is 0.395 e. The van der Waals surface area contributed by atoms with Gasteiger partial charge in [-0.25, -0.2) is 0 Å². The second-order valence-corrected chi connectivity index (χ2v) is 6.89. The van der Waals surface area contributed by atoms with E-state index in [-0.39, 0.29) is 13.2 Å². The molecule has 0 bridgehead atoms. The number of azo groups is 1. The molecule has 2 aromatic carbocycles. The van der Waals surface area contributed by atoms with Gasteiger partial charge in [0, 0.05) is 36.7 Å². The number of hydrogen-bond acceptors (Lipinski definition) is 6. The second kappa shape index (κ2) is 10.1. The third kappa shape index (κ3) is 5.01. The van der Waals surface area contributed by atoms with Gasteiger partial charge >= 0.3 is 0 Å². The molecule has 0 saturated carbocycles. The second-order valence-electron chi connectivity index (χ2n) is 6.03. The van der Waals surface area contributed by atoms with E-state index in [0.717, 1.165) is 21.3 Å². The zero-order valence-electron chi connectivity index (χ0n) is 15.2. The number of aliphatic hydroxyl groups excluding tert-OH is 2. The van der Waals surface area contributed by atoms with Crippen LogP contribution in [0.5, 0.6) is 0 Å². The number of pyridine rings is 1. The van der Waals surface area contributed by atoms with Crippen molar-refractivity contribution in [3.05, 3.63) is 71.5 Å². The molecule has 7 heteroatoms. The lowest BCUT2D eigenvalue weighted by molar-refractivity contribution is 0.281. The Morgan fingerprint density at radius 2 is 1.54 bits per heavy atom. The quantitative estimate of drug-likeness (QED) is 0.496. The van der Waals surface area contributed by atoms with Crippen molar-refractivity contribution in [3.63, 3.8) is 0 Å². The van der Waals surface area contributed by atoms with Gasteiger partial charge in [0.15, 0.2) is 0 Å². The van der Waals surface area contributed by atoms with Crippen molar-refractivity contribution in [2.24, 2.45) is 10.2 Å². The Morgan fingerprint density at radius 1 is 0.857 bits per heavy atom. The van der Waals surface area contributed by atoms with Crippen molar-refractivity contribution in [2.75, 3.05) is 31.2 Å². The lowest BCUT2D eigenvalue weighted by Gasteiger charge is -2.22. The van der Waals surface area contributed by atoms with Crippen LogP contribution in [-0.4, -0.2) is 41.5 Å². The van der Waals surface area contributed by atoms with E-state index in [1.165, 1.54) is 0 Å². The molecule has 3 aromatic rings. The number of benzene rings is 2. The van der Waals surface area contributed by atoms with Gasteiger partial charge in [0.2, 0.25) is 0 Å². The number of halogens is 1. The van der Waals surface area contributed by atoms with Crippen LogP contribution >= 0.6 is 15.9 Å². The molecule has 3 rings (SSSR count). The summed E-state index contributed by atoms with van der Waals surface area (Å²) in [6.45, 7) is 0.983. The van der Waals surface area contributed by atoms with E-state index < -0.39 is 0 Å². The van der Waals surface area contributed by atoms with Gasteiger partial charge in [-0.15, -0.1) is 5.11 Å². The minimum Gasteiger partial charge on any atom is -0.395 e. The highest BCUT2D eigenvalue weighted by Gasteiger charge is 2.09. The molecule has 144 valence electrons. The van der Waals surface area contributed by atoms with Crippen LogP contribution in [-0.2, 0) is 0 Å². The van der Waals surface area contributed by atoms with Crippen molar-refractivity contribution < 1.29 is 10.2 Å². The number of aliphatic hydroxyl groups is 2. The number of rotatable bonds is 8. The summed E-state index contributed by atoms with van der Waals surface area (Å²) in [7, 11) is 0. The van der Waals surface area contributed by atoms with Crippen molar-refractivity contribution in [2.45, 2.75) is 0 Å². The van der Waals surface area contributed by atoms with Gasteiger partial charge in [-0.2, -0.15) is 5.11 Å². The van der Waals surface area contributed by atoms with Crippen LogP contribution in [0.2, 0.25) is 0 Å². The van der Waals surface area contributed by atoms with Crippen LogP contribution in [0.25, 0.3) is 11.1 Å². The molecule has 0 amide bonds. The molecule has 0 unspecified atom stereocenters. The van der Waals surface area contributed by atoms with Crippen LogP contribution in [0.3, 0.4) is 0 Å². The fraction of sp³-hybridized carbons (Fsp3) is 0.190. The summed E-state index contributed by atoms with van der Waals surface area (Å²) < 4.78 is 0.770. The number of hydrogen-bond donors (Lipinski definition) is 2. The normalized spacial score (nSPS) is 11.1. The topological polar surface area (TPSA) is 81.3 Å². The Morgan fingerprint density at radius 3 is 2.18 bits per heavy atom. The SMILES string of the molecule is OCCN(CCO)c1ccc(N=Nc2c(Br)cncc2-c2ccccc2)cc1. The molecule has 0 fully saturated rings. The van der Waals surface area contributed by atoms with E-state index in [1.807, 2.05) is 59.5 Å². The third-order valence-corrected chi connectivity index (χ3v) is 4.76. The van der Waals surface area contributed by atoms with E-state index in [4.69, 9.17) is 10.2 Å². The Bertz CT molecular complexity index is 911. The number of nitrogens with zero attached hydrogens (tertiary/aromatic N) is 4. The van der Waals surface area contributed by atoms with Crippen molar-refractivity contribution in [1.29, 1.82) is 0 Å². The monoisotopic (exact) mass is 440 g/mol. The Balaban J connectivity index is 1.85. The molecular weight excluding hydrogens is 420 g/mol. The number of anilines is 1. The molecule has 0 aliphatic carbocycles. The molecule has 2 N–H and O–H groups in total. The summed E-state index contributed by atoms with van der Waals surface area (Å²) in [5.41, 5.74) is 4.25. The first-order chi connectivity index (χ1) is 13.7. The van der Waals surface area contributed by atoms with Crippen LogP contribution < -0.4 is 4.90 Å². The summed E-state index contributed by atoms with van der Waals surface area (Å²) in [6, 6.07) is 17.5. The molecule has 1 aromatic heterocycles. The fourth-order valence-corrected chi connectivity index (χ4v) is 3.22. The summed E-state index contributed by atoms with van der Waals surface area (Å²) in [6.07, 6.45) is 3.48. The van der Waals surface area contributed by atoms with E-state index in [2.05, 4.69) is 31.1 Å². The highest BCUT2D eigenvalue weighted by Crippen LogP contribution is 2.36. The van der Waals surface area contributed by atoms with Gasteiger partial charge in [-0.05, 0) is 45.8 Å². The van der Waals surface area contributed by atoms with Crippen molar-refractivity contribution in [1.82, 2.24) is 4.98 Å². The molecular formula is C21H21BrN4O2. The smallest absolute Gasteiger partial charge is 0.111 e. The predicted octanol–water partition coefficient (Wildman–Crippen LogP) is 4.72. The summed E-state index contributed by atoms with van der Waals surface area (Å²) in [5, 5.41) is 27.1. The minimum atomic E-state index is 0.0276. The van der Waals surface area contributed by atoms with Gasteiger partial charge in [0.1, 0.15) is 5.69 Å². The zero-order valence-corrected chi connectivity index (χ0v) is 16.8. The van der Waals surface area contributed by atoms with Gasteiger partial charge in [0.05, 0.1) is 23.4 Å². The summed E-state index contributed by atoms with van der Waals surface area (Å²) >= 11 is 3.51. The number of aromatic nitrogens is 1. The van der Waals surface area contributed by atoms with Gasteiger partial charge in [-0.3, -0.25) is 4.98 Å². The first-order valence-corrected chi connectivity index (χ1v) is 9.69. The maximum absolute atomic E-state index is 9.17. The molecule has 0 aliphatic heterocycles. The minimum absolute atomic E-state index is 0.0276. The Labute approximate surface area is 172 Å². The van der Waals surface area contributed by atoms with Gasteiger partial charge in [-0.1, -0.05) is 30.3 Å². The molecule has 0 spiro atoms. The van der Waals surface area contributed by atoms with E-state index in [1.54, 1.807) is 12.4 Å². The first kappa shape index (κ1) is 20.1. The first-order valence-electron chi connectivity index (χ1n) is 8.90. The third-order valence-electron chi connectivity index (χ3n) is 4.18. The van der Waals surface area contributed by atoms with Crippen LogP contribution in [0.4, 0.5) is 17.1 Å². The summed E-state index contributed by atoms with van der Waals surface area (Å²) in [5.74, 6) is 0. The van der Waals surface area contributed by atoms with Crippen LogP contribution in [0.1, 0.15) is 0 Å².